The highest BCUT2D eigenvalue weighted by Crippen LogP contribution is 2.29. The Labute approximate surface area is 248 Å². The molecule has 0 spiro atoms. The van der Waals surface area contributed by atoms with Crippen molar-refractivity contribution in [3.8, 4) is 0 Å². The first-order valence-electron chi connectivity index (χ1n) is 13.3. The molecule has 2 N–H and O–H groups in total. The number of benzene rings is 1. The van der Waals surface area contributed by atoms with Crippen LogP contribution in [0.1, 0.15) is 41.8 Å². The minimum atomic E-state index is -4.38. The van der Waals surface area contributed by atoms with Gasteiger partial charge in [-0.05, 0) is 44.0 Å². The molecule has 15 heteroatoms. The smallest absolute Gasteiger partial charge is 0.353 e. The van der Waals surface area contributed by atoms with Crippen LogP contribution in [0.5, 0.6) is 0 Å². The van der Waals surface area contributed by atoms with Crippen LogP contribution < -0.4 is 16.2 Å². The Kier molecular flexibility index (Phi) is 11.8. The van der Waals surface area contributed by atoms with Crippen LogP contribution in [0.25, 0.3) is 0 Å². The Bertz CT molecular complexity index is 1590. The summed E-state index contributed by atoms with van der Waals surface area (Å²) in [6.07, 6.45) is -1.21. The van der Waals surface area contributed by atoms with Gasteiger partial charge in [0.25, 0.3) is 5.56 Å². The summed E-state index contributed by atoms with van der Waals surface area (Å²) in [7, 11) is 0. The molecule has 1 aromatic carbocycles. The topological polar surface area (TPSA) is 124 Å². The number of carbonyl (C=O) groups is 2. The fraction of sp³-hybridized carbons (Fsp3) is 0.310. The Morgan fingerprint density at radius 1 is 1.14 bits per heavy atom. The zero-order valence-electron chi connectivity index (χ0n) is 23.8. The van der Waals surface area contributed by atoms with Gasteiger partial charge in [-0.2, -0.15) is 17.6 Å². The van der Waals surface area contributed by atoms with Gasteiger partial charge in [-0.1, -0.05) is 35.5 Å². The molecule has 234 valence electrons. The van der Waals surface area contributed by atoms with Crippen molar-refractivity contribution in [2.45, 2.75) is 58.2 Å². The van der Waals surface area contributed by atoms with Crippen molar-refractivity contribution in [1.82, 2.24) is 29.9 Å². The molecule has 0 aliphatic carbocycles. The lowest BCUT2D eigenvalue weighted by Crippen LogP contribution is -2.27. The molecule has 44 heavy (non-hydrogen) atoms. The van der Waals surface area contributed by atoms with Crippen LogP contribution in [0.3, 0.4) is 0 Å². The molecule has 10 nitrogen and oxygen atoms in total. The molecule has 3 aromatic heterocycles. The number of pyridine rings is 2. The summed E-state index contributed by atoms with van der Waals surface area (Å²) >= 11 is 0. The monoisotopic (exact) mass is 619 g/mol. The molecule has 2 amide bonds. The summed E-state index contributed by atoms with van der Waals surface area (Å²) in [5.74, 6) is -2.02. The lowest BCUT2D eigenvalue weighted by Gasteiger charge is -2.14. The second-order valence-electron chi connectivity index (χ2n) is 9.66. The van der Waals surface area contributed by atoms with Crippen molar-refractivity contribution in [2.24, 2.45) is 0 Å². The van der Waals surface area contributed by atoms with Gasteiger partial charge in [0.1, 0.15) is 6.17 Å². The number of aryl methyl sites for hydroxylation is 2. The minimum absolute atomic E-state index is 0.000750. The van der Waals surface area contributed by atoms with Crippen LogP contribution in [0.4, 0.5) is 27.6 Å². The van der Waals surface area contributed by atoms with E-state index in [1.165, 1.54) is 16.9 Å². The van der Waals surface area contributed by atoms with Crippen LogP contribution in [-0.4, -0.2) is 43.0 Å². The normalized spacial score (nSPS) is 12.4. The third-order valence-electron chi connectivity index (χ3n) is 6.29. The van der Waals surface area contributed by atoms with Gasteiger partial charge in [0.05, 0.1) is 41.6 Å². The van der Waals surface area contributed by atoms with E-state index in [-0.39, 0.29) is 37.4 Å². The SMILES string of the molecule is Cc1cn(CC(F)CCn2ccc(NC(=O)C(C)c3ccccc3)c(F)c2=O)nn1.O=CNCc1cc(C(F)(F)F)ccn1. The van der Waals surface area contributed by atoms with E-state index in [2.05, 4.69) is 25.9 Å². The van der Waals surface area contributed by atoms with E-state index in [0.717, 1.165) is 28.5 Å². The largest absolute Gasteiger partial charge is 0.416 e. The molecular weight excluding hydrogens is 589 g/mol. The predicted octanol–water partition coefficient (Wildman–Crippen LogP) is 4.40. The number of hydrogen-bond donors (Lipinski definition) is 2. The highest BCUT2D eigenvalue weighted by molar-refractivity contribution is 5.95. The zero-order valence-corrected chi connectivity index (χ0v) is 23.8. The zero-order chi connectivity index (χ0) is 32.3. The van der Waals surface area contributed by atoms with Crippen molar-refractivity contribution in [3.63, 3.8) is 0 Å². The molecule has 0 fully saturated rings. The molecule has 0 saturated carbocycles. The highest BCUT2D eigenvalue weighted by atomic mass is 19.4. The third-order valence-corrected chi connectivity index (χ3v) is 6.29. The van der Waals surface area contributed by atoms with E-state index >= 15 is 0 Å². The summed E-state index contributed by atoms with van der Waals surface area (Å²) in [6, 6.07) is 12.1. The maximum absolute atomic E-state index is 14.5. The number of hydrogen-bond acceptors (Lipinski definition) is 6. The maximum atomic E-state index is 14.5. The standard InChI is InChI=1S/C21H23F2N5O2.C8H7F3N2O/c1-14-12-28(26-25-14)13-17(22)8-10-27-11-9-18(19(23)21(27)30)24-20(29)15(2)16-6-4-3-5-7-16;9-8(10,11)6-1-2-13-7(3-6)4-12-5-14/h3-7,9,11-12,15,17H,8,10,13H2,1-2H3,(H,24,29);1-3,5H,4H2,(H,12,14). The first kappa shape index (κ1) is 33.6. The number of anilines is 1. The van der Waals surface area contributed by atoms with E-state index in [4.69, 9.17) is 0 Å². The van der Waals surface area contributed by atoms with Crippen molar-refractivity contribution in [1.29, 1.82) is 0 Å². The molecule has 2 unspecified atom stereocenters. The second-order valence-corrected chi connectivity index (χ2v) is 9.66. The van der Waals surface area contributed by atoms with Gasteiger partial charge < -0.3 is 15.2 Å². The van der Waals surface area contributed by atoms with Crippen LogP contribution in [-0.2, 0) is 35.4 Å². The highest BCUT2D eigenvalue weighted by Gasteiger charge is 2.30. The number of carbonyl (C=O) groups excluding carboxylic acids is 2. The first-order valence-corrected chi connectivity index (χ1v) is 13.3. The average molecular weight is 620 g/mol. The number of alkyl halides is 4. The quantitative estimate of drug-likeness (QED) is 0.190. The number of aromatic nitrogens is 5. The molecule has 0 radical (unpaired) electrons. The van der Waals surface area contributed by atoms with Crippen LogP contribution in [0.2, 0.25) is 0 Å². The molecule has 4 rings (SSSR count). The first-order chi connectivity index (χ1) is 20.9. The van der Waals surface area contributed by atoms with Crippen LogP contribution in [0.15, 0.2) is 71.9 Å². The molecule has 4 aromatic rings. The van der Waals surface area contributed by atoms with E-state index < -0.39 is 41.1 Å². The number of rotatable bonds is 11. The van der Waals surface area contributed by atoms with Gasteiger partial charge in [-0.25, -0.2) is 9.07 Å². The summed E-state index contributed by atoms with van der Waals surface area (Å²) in [6.45, 7) is 3.44. The number of amides is 2. The lowest BCUT2D eigenvalue weighted by molar-refractivity contribution is -0.137. The van der Waals surface area contributed by atoms with Crippen LogP contribution >= 0.6 is 0 Å². The summed E-state index contributed by atoms with van der Waals surface area (Å²) in [5.41, 5.74) is -0.245. The van der Waals surface area contributed by atoms with Crippen molar-refractivity contribution in [2.75, 3.05) is 5.32 Å². The number of nitrogens with zero attached hydrogens (tertiary/aromatic N) is 5. The Morgan fingerprint density at radius 3 is 2.50 bits per heavy atom. The molecular formula is C29H30F5N7O3. The fourth-order valence-electron chi connectivity index (χ4n) is 3.91. The van der Waals surface area contributed by atoms with Gasteiger partial charge in [0, 0.05) is 25.1 Å². The molecule has 0 saturated heterocycles. The van der Waals surface area contributed by atoms with Gasteiger partial charge >= 0.3 is 6.18 Å². The van der Waals surface area contributed by atoms with Crippen molar-refractivity contribution >= 4 is 18.0 Å². The van der Waals surface area contributed by atoms with E-state index in [9.17, 15) is 36.3 Å². The summed E-state index contributed by atoms with van der Waals surface area (Å²) in [4.78, 5) is 38.2. The van der Waals surface area contributed by atoms with Gasteiger partial charge in [0.2, 0.25) is 18.1 Å². The number of nitrogens with one attached hydrogen (secondary N) is 2. The Hall–Kier alpha value is -4.95. The van der Waals surface area contributed by atoms with Crippen LogP contribution in [0, 0.1) is 12.7 Å². The molecule has 0 bridgehead atoms. The van der Waals surface area contributed by atoms with E-state index in [1.807, 2.05) is 18.2 Å². The lowest BCUT2D eigenvalue weighted by atomic mass is 10.0. The fourth-order valence-corrected chi connectivity index (χ4v) is 3.91. The Morgan fingerprint density at radius 2 is 1.86 bits per heavy atom. The van der Waals surface area contributed by atoms with Crippen molar-refractivity contribution in [3.05, 3.63) is 106 Å². The molecule has 3 heterocycles. The van der Waals surface area contributed by atoms with Crippen molar-refractivity contribution < 1.29 is 31.5 Å². The molecule has 2 atom stereocenters. The molecule has 0 aliphatic heterocycles. The second kappa shape index (κ2) is 15.5. The maximum Gasteiger partial charge on any atom is 0.416 e. The van der Waals surface area contributed by atoms with E-state index in [0.29, 0.717) is 12.1 Å². The van der Waals surface area contributed by atoms with Gasteiger partial charge in [-0.15, -0.1) is 5.10 Å². The minimum Gasteiger partial charge on any atom is -0.353 e. The van der Waals surface area contributed by atoms with Gasteiger partial charge in [-0.3, -0.25) is 19.4 Å². The Balaban J connectivity index is 0.000000317. The third kappa shape index (κ3) is 9.81. The number of halogens is 5. The average Bonchev–Trinajstić information content (AvgIpc) is 3.42. The summed E-state index contributed by atoms with van der Waals surface area (Å²) < 4.78 is 67.7. The predicted molar refractivity (Wildman–Crippen MR) is 151 cm³/mol. The summed E-state index contributed by atoms with van der Waals surface area (Å²) in [5, 5.41) is 12.3. The van der Waals surface area contributed by atoms with Gasteiger partial charge in [0.15, 0.2) is 0 Å². The molecule has 0 aliphatic rings. The van der Waals surface area contributed by atoms with E-state index in [1.54, 1.807) is 32.2 Å².